The van der Waals surface area contributed by atoms with Gasteiger partial charge in [-0.15, -0.1) is 0 Å². The SMILES string of the molecule is O=C(NN=Cc1cc(I)c(OCc2ccccc2)c(I)c1)c1cccnc1Cl. The van der Waals surface area contributed by atoms with Gasteiger partial charge in [-0.3, -0.25) is 4.79 Å². The molecule has 8 heteroatoms. The van der Waals surface area contributed by atoms with Crippen molar-refractivity contribution in [2.45, 2.75) is 6.61 Å². The van der Waals surface area contributed by atoms with E-state index in [1.165, 1.54) is 6.20 Å². The van der Waals surface area contributed by atoms with Gasteiger partial charge in [0.05, 0.1) is 18.9 Å². The number of nitrogens with one attached hydrogen (secondary N) is 1. The minimum absolute atomic E-state index is 0.138. The molecular formula is C20H14ClI2N3O2. The molecule has 0 aliphatic heterocycles. The number of carbonyl (C=O) groups excluding carboxylic acids is 1. The largest absolute Gasteiger partial charge is 0.487 e. The Morgan fingerprint density at radius 3 is 2.54 bits per heavy atom. The standard InChI is InChI=1S/C20H14ClI2N3O2/c21-19-15(7-4-8-24-19)20(27)26-25-11-14-9-16(22)18(17(23)10-14)28-12-13-5-2-1-3-6-13/h1-11H,12H2,(H,26,27). The lowest BCUT2D eigenvalue weighted by atomic mass is 10.2. The van der Waals surface area contributed by atoms with Crippen LogP contribution in [0.5, 0.6) is 5.75 Å². The summed E-state index contributed by atoms with van der Waals surface area (Å²) >= 11 is 10.4. The highest BCUT2D eigenvalue weighted by atomic mass is 127. The first-order valence-corrected chi connectivity index (χ1v) is 10.7. The molecule has 1 amide bonds. The first kappa shape index (κ1) is 21.0. The van der Waals surface area contributed by atoms with Crippen molar-refractivity contribution >= 4 is 68.9 Å². The molecule has 0 saturated heterocycles. The van der Waals surface area contributed by atoms with Crippen molar-refractivity contribution in [2.75, 3.05) is 0 Å². The molecule has 5 nitrogen and oxygen atoms in total. The van der Waals surface area contributed by atoms with Crippen molar-refractivity contribution in [3.63, 3.8) is 0 Å². The molecule has 142 valence electrons. The van der Waals surface area contributed by atoms with E-state index in [4.69, 9.17) is 16.3 Å². The molecular weight excluding hydrogens is 604 g/mol. The Labute approximate surface area is 194 Å². The lowest BCUT2D eigenvalue weighted by Gasteiger charge is -2.11. The van der Waals surface area contributed by atoms with Gasteiger partial charge in [-0.05, 0) is 80.6 Å². The van der Waals surface area contributed by atoms with E-state index in [0.29, 0.717) is 6.61 Å². The molecule has 3 aromatic rings. The predicted molar refractivity (Wildman–Crippen MR) is 127 cm³/mol. The molecule has 0 bridgehead atoms. The molecule has 0 radical (unpaired) electrons. The number of pyridine rings is 1. The molecule has 0 aliphatic carbocycles. The number of amides is 1. The summed E-state index contributed by atoms with van der Waals surface area (Å²) in [6.07, 6.45) is 3.10. The van der Waals surface area contributed by atoms with Crippen LogP contribution in [0.2, 0.25) is 5.15 Å². The van der Waals surface area contributed by atoms with Crippen molar-refractivity contribution in [3.05, 3.63) is 89.8 Å². The van der Waals surface area contributed by atoms with Crippen LogP contribution in [0.15, 0.2) is 65.9 Å². The van der Waals surface area contributed by atoms with Gasteiger partial charge in [-0.1, -0.05) is 41.9 Å². The van der Waals surface area contributed by atoms with Crippen LogP contribution in [0.1, 0.15) is 21.5 Å². The van der Waals surface area contributed by atoms with Gasteiger partial charge in [0, 0.05) is 6.20 Å². The van der Waals surface area contributed by atoms with E-state index in [0.717, 1.165) is 24.0 Å². The summed E-state index contributed by atoms with van der Waals surface area (Å²) in [6.45, 7) is 0.502. The van der Waals surface area contributed by atoms with Crippen LogP contribution >= 0.6 is 56.8 Å². The summed E-state index contributed by atoms with van der Waals surface area (Å²) in [5, 5.41) is 4.14. The van der Waals surface area contributed by atoms with Crippen LogP contribution in [0.25, 0.3) is 0 Å². The van der Waals surface area contributed by atoms with Crippen molar-refractivity contribution in [1.29, 1.82) is 0 Å². The molecule has 1 aromatic heterocycles. The maximum absolute atomic E-state index is 12.1. The monoisotopic (exact) mass is 617 g/mol. The molecule has 0 unspecified atom stereocenters. The summed E-state index contributed by atoms with van der Waals surface area (Å²) in [6, 6.07) is 17.1. The molecule has 0 saturated carbocycles. The number of benzene rings is 2. The Morgan fingerprint density at radius 2 is 1.86 bits per heavy atom. The van der Waals surface area contributed by atoms with Crippen molar-refractivity contribution in [1.82, 2.24) is 10.4 Å². The number of carbonyl (C=O) groups is 1. The second-order valence-electron chi connectivity index (χ2n) is 5.63. The molecule has 28 heavy (non-hydrogen) atoms. The Kier molecular flexibility index (Phi) is 7.63. The maximum Gasteiger partial charge on any atom is 0.274 e. The predicted octanol–water partition coefficient (Wildman–Crippen LogP) is 5.29. The van der Waals surface area contributed by atoms with Crippen LogP contribution in [0.3, 0.4) is 0 Å². The fraction of sp³-hybridized carbons (Fsp3) is 0.0500. The third kappa shape index (κ3) is 5.65. The van der Waals surface area contributed by atoms with Gasteiger partial charge < -0.3 is 4.74 Å². The highest BCUT2D eigenvalue weighted by Gasteiger charge is 2.10. The minimum atomic E-state index is -0.415. The van der Waals surface area contributed by atoms with E-state index < -0.39 is 5.91 Å². The maximum atomic E-state index is 12.1. The number of rotatable bonds is 6. The van der Waals surface area contributed by atoms with Gasteiger partial charge in [0.2, 0.25) is 0 Å². The van der Waals surface area contributed by atoms with E-state index in [1.54, 1.807) is 18.3 Å². The highest BCUT2D eigenvalue weighted by Crippen LogP contribution is 2.29. The number of halogens is 3. The van der Waals surface area contributed by atoms with Gasteiger partial charge in [0.25, 0.3) is 5.91 Å². The number of ether oxygens (including phenoxy) is 1. The van der Waals surface area contributed by atoms with Gasteiger partial charge >= 0.3 is 0 Å². The molecule has 1 heterocycles. The summed E-state index contributed by atoms with van der Waals surface area (Å²) < 4.78 is 7.89. The summed E-state index contributed by atoms with van der Waals surface area (Å²) in [5.74, 6) is 0.412. The van der Waals surface area contributed by atoms with Crippen molar-refractivity contribution < 1.29 is 9.53 Å². The lowest BCUT2D eigenvalue weighted by Crippen LogP contribution is -2.18. The fourth-order valence-corrected chi connectivity index (χ4v) is 4.64. The zero-order valence-electron chi connectivity index (χ0n) is 14.4. The average Bonchev–Trinajstić information content (AvgIpc) is 2.68. The van der Waals surface area contributed by atoms with Gasteiger partial charge in [-0.2, -0.15) is 5.10 Å². The molecule has 0 atom stereocenters. The highest BCUT2D eigenvalue weighted by molar-refractivity contribution is 14.1. The number of hydrazone groups is 1. The van der Waals surface area contributed by atoms with Crippen molar-refractivity contribution in [3.8, 4) is 5.75 Å². The second-order valence-corrected chi connectivity index (χ2v) is 8.31. The van der Waals surface area contributed by atoms with E-state index in [1.807, 2.05) is 42.5 Å². The third-order valence-corrected chi connectivity index (χ3v) is 5.53. The number of aromatic nitrogens is 1. The van der Waals surface area contributed by atoms with E-state index in [9.17, 15) is 4.79 Å². The van der Waals surface area contributed by atoms with Crippen LogP contribution in [0.4, 0.5) is 0 Å². The average molecular weight is 618 g/mol. The van der Waals surface area contributed by atoms with Gasteiger partial charge in [0.1, 0.15) is 17.5 Å². The van der Waals surface area contributed by atoms with Gasteiger partial charge in [0.15, 0.2) is 0 Å². The van der Waals surface area contributed by atoms with Crippen LogP contribution in [0, 0.1) is 7.14 Å². The molecule has 0 aliphatic rings. The molecule has 2 aromatic carbocycles. The molecule has 1 N–H and O–H groups in total. The van der Waals surface area contributed by atoms with E-state index >= 15 is 0 Å². The Morgan fingerprint density at radius 1 is 1.14 bits per heavy atom. The number of hydrogen-bond acceptors (Lipinski definition) is 4. The zero-order chi connectivity index (χ0) is 19.9. The van der Waals surface area contributed by atoms with Gasteiger partial charge in [-0.25, -0.2) is 10.4 Å². The summed E-state index contributed by atoms with van der Waals surface area (Å²) in [4.78, 5) is 16.0. The topological polar surface area (TPSA) is 63.6 Å². The van der Waals surface area contributed by atoms with Crippen LogP contribution in [-0.4, -0.2) is 17.1 Å². The smallest absolute Gasteiger partial charge is 0.274 e. The Balaban J connectivity index is 1.66. The molecule has 3 rings (SSSR count). The summed E-state index contributed by atoms with van der Waals surface area (Å²) in [5.41, 5.74) is 4.69. The fourth-order valence-electron chi connectivity index (χ4n) is 2.30. The van der Waals surface area contributed by atoms with E-state index in [2.05, 4.69) is 60.7 Å². The number of hydrogen-bond donors (Lipinski definition) is 1. The quantitative estimate of drug-likeness (QED) is 0.177. The Hall–Kier alpha value is -1.72. The number of nitrogens with zero attached hydrogens (tertiary/aromatic N) is 2. The van der Waals surface area contributed by atoms with Crippen molar-refractivity contribution in [2.24, 2.45) is 5.10 Å². The van der Waals surface area contributed by atoms with Crippen LogP contribution < -0.4 is 10.2 Å². The minimum Gasteiger partial charge on any atom is -0.487 e. The van der Waals surface area contributed by atoms with Crippen LogP contribution in [-0.2, 0) is 6.61 Å². The molecule has 0 spiro atoms. The molecule has 0 fully saturated rings. The zero-order valence-corrected chi connectivity index (χ0v) is 19.5. The first-order chi connectivity index (χ1) is 13.5. The normalized spacial score (nSPS) is 10.8. The summed E-state index contributed by atoms with van der Waals surface area (Å²) in [7, 11) is 0. The lowest BCUT2D eigenvalue weighted by molar-refractivity contribution is 0.0955. The third-order valence-electron chi connectivity index (χ3n) is 3.63. The first-order valence-electron chi connectivity index (χ1n) is 8.14. The van der Waals surface area contributed by atoms with E-state index in [-0.39, 0.29) is 10.7 Å². The Bertz CT molecular complexity index is 990. The second kappa shape index (κ2) is 10.2.